The van der Waals surface area contributed by atoms with E-state index >= 15 is 0 Å². The van der Waals surface area contributed by atoms with Crippen molar-refractivity contribution < 1.29 is 28.6 Å². The molecular weight excluding hydrogens is 829 g/mol. The van der Waals surface area contributed by atoms with Gasteiger partial charge < -0.3 is 14.2 Å². The minimum atomic E-state index is -0.764. The Morgan fingerprint density at radius 1 is 0.299 bits per heavy atom. The number of ether oxygens (including phenoxy) is 3. The van der Waals surface area contributed by atoms with E-state index in [9.17, 15) is 14.4 Å². The van der Waals surface area contributed by atoms with E-state index in [2.05, 4.69) is 41.5 Å². The van der Waals surface area contributed by atoms with Crippen LogP contribution in [0.15, 0.2) is 0 Å². The van der Waals surface area contributed by atoms with Crippen LogP contribution >= 0.6 is 0 Å². The lowest BCUT2D eigenvalue weighted by molar-refractivity contribution is -0.167. The molecule has 0 heterocycles. The quantitative estimate of drug-likeness (QED) is 0.0343. The highest BCUT2D eigenvalue weighted by Gasteiger charge is 2.19. The third-order valence-corrected chi connectivity index (χ3v) is 14.3. The van der Waals surface area contributed by atoms with Crippen molar-refractivity contribution in [3.8, 4) is 0 Å². The van der Waals surface area contributed by atoms with Gasteiger partial charge in [0.25, 0.3) is 0 Å². The van der Waals surface area contributed by atoms with E-state index in [0.29, 0.717) is 19.3 Å². The molecule has 0 aliphatic heterocycles. The molecule has 2 atom stereocenters. The molecular formula is C61H118O6. The smallest absolute Gasteiger partial charge is 0.306 e. The Morgan fingerprint density at radius 2 is 0.522 bits per heavy atom. The van der Waals surface area contributed by atoms with Gasteiger partial charge in [-0.25, -0.2) is 0 Å². The van der Waals surface area contributed by atoms with Crippen LogP contribution in [-0.2, 0) is 28.6 Å². The van der Waals surface area contributed by atoms with Crippen molar-refractivity contribution >= 4 is 17.9 Å². The number of rotatable bonds is 54. The largest absolute Gasteiger partial charge is 0.462 e. The van der Waals surface area contributed by atoms with Gasteiger partial charge in [0, 0.05) is 19.3 Å². The molecule has 0 aliphatic carbocycles. The summed E-state index contributed by atoms with van der Waals surface area (Å²) in [6.07, 6.45) is 55.3. The van der Waals surface area contributed by atoms with E-state index in [1.165, 1.54) is 218 Å². The first-order valence-corrected chi connectivity index (χ1v) is 30.1. The molecule has 0 aromatic rings. The van der Waals surface area contributed by atoms with Crippen molar-refractivity contribution in [3.63, 3.8) is 0 Å². The number of carbonyl (C=O) groups is 3. The lowest BCUT2D eigenvalue weighted by Crippen LogP contribution is -2.30. The Hall–Kier alpha value is -1.59. The summed E-state index contributed by atoms with van der Waals surface area (Å²) in [5.41, 5.74) is 0. The molecule has 0 saturated heterocycles. The maximum Gasteiger partial charge on any atom is 0.306 e. The van der Waals surface area contributed by atoms with Gasteiger partial charge in [0.05, 0.1) is 0 Å². The minimum absolute atomic E-state index is 0.0636. The van der Waals surface area contributed by atoms with Crippen LogP contribution in [0.5, 0.6) is 0 Å². The first kappa shape index (κ1) is 65.4. The highest BCUT2D eigenvalue weighted by atomic mass is 16.6. The summed E-state index contributed by atoms with van der Waals surface area (Å²) in [5.74, 6) is 1.71. The van der Waals surface area contributed by atoms with Crippen molar-refractivity contribution in [2.45, 2.75) is 343 Å². The second kappa shape index (κ2) is 52.2. The van der Waals surface area contributed by atoms with Crippen LogP contribution < -0.4 is 0 Å². The fraction of sp³-hybridized carbons (Fsp3) is 0.951. The van der Waals surface area contributed by atoms with Crippen LogP contribution in [0.25, 0.3) is 0 Å². The third kappa shape index (κ3) is 53.6. The molecule has 0 radical (unpaired) electrons. The van der Waals surface area contributed by atoms with Crippen LogP contribution in [0.4, 0.5) is 0 Å². The first-order chi connectivity index (χ1) is 32.6. The summed E-state index contributed by atoms with van der Waals surface area (Å²) in [7, 11) is 0. The van der Waals surface area contributed by atoms with Crippen LogP contribution in [0.2, 0.25) is 0 Å². The average molecular weight is 948 g/mol. The Kier molecular flexibility index (Phi) is 51.0. The highest BCUT2D eigenvalue weighted by molar-refractivity contribution is 5.71. The molecule has 1 unspecified atom stereocenters. The predicted molar refractivity (Wildman–Crippen MR) is 289 cm³/mol. The summed E-state index contributed by atoms with van der Waals surface area (Å²) < 4.78 is 16.9. The summed E-state index contributed by atoms with van der Waals surface area (Å²) >= 11 is 0. The van der Waals surface area contributed by atoms with Crippen LogP contribution in [-0.4, -0.2) is 37.2 Å². The summed E-state index contributed by atoms with van der Waals surface area (Å²) in [4.78, 5) is 38.2. The number of esters is 3. The topological polar surface area (TPSA) is 78.9 Å². The van der Waals surface area contributed by atoms with E-state index < -0.39 is 6.10 Å². The fourth-order valence-corrected chi connectivity index (χ4v) is 9.32. The molecule has 0 N–H and O–H groups in total. The molecule has 0 saturated carbocycles. The first-order valence-electron chi connectivity index (χ1n) is 30.1. The van der Waals surface area contributed by atoms with E-state index in [-0.39, 0.29) is 31.1 Å². The highest BCUT2D eigenvalue weighted by Crippen LogP contribution is 2.19. The number of hydrogen-bond donors (Lipinski definition) is 0. The summed E-state index contributed by atoms with van der Waals surface area (Å²) in [6, 6.07) is 0. The second-order valence-corrected chi connectivity index (χ2v) is 22.2. The lowest BCUT2D eigenvalue weighted by Gasteiger charge is -2.18. The molecule has 6 nitrogen and oxygen atoms in total. The van der Waals surface area contributed by atoms with Gasteiger partial charge in [-0.2, -0.15) is 0 Å². The molecule has 6 heteroatoms. The summed E-state index contributed by atoms with van der Waals surface area (Å²) in [6.45, 7) is 13.8. The number of carbonyl (C=O) groups excluding carboxylic acids is 3. The molecule has 0 aromatic heterocycles. The monoisotopic (exact) mass is 947 g/mol. The predicted octanol–water partition coefficient (Wildman–Crippen LogP) is 19.9. The standard InChI is InChI=1S/C61H118O6/c1-7-57(6)49-43-37-31-25-19-14-12-10-8-9-11-13-15-20-26-32-38-44-50-59(62)65-53-58(67-61(64)52-46-40-34-28-22-24-30-36-42-48-56(4)5)54-66-60(63)51-45-39-33-27-21-17-16-18-23-29-35-41-47-55(2)3/h55-58H,7-54H2,1-6H3/t57?,58-/m0/s1. The van der Waals surface area contributed by atoms with Crippen molar-refractivity contribution in [1.82, 2.24) is 0 Å². The minimum Gasteiger partial charge on any atom is -0.462 e. The van der Waals surface area contributed by atoms with E-state index in [4.69, 9.17) is 14.2 Å². The Morgan fingerprint density at radius 3 is 0.776 bits per heavy atom. The molecule has 0 aliphatic rings. The fourth-order valence-electron chi connectivity index (χ4n) is 9.32. The van der Waals surface area contributed by atoms with Gasteiger partial charge in [0.1, 0.15) is 13.2 Å². The Balaban J connectivity index is 4.22. The zero-order chi connectivity index (χ0) is 49.1. The molecule has 67 heavy (non-hydrogen) atoms. The van der Waals surface area contributed by atoms with Gasteiger partial charge in [-0.1, -0.05) is 298 Å². The van der Waals surface area contributed by atoms with Gasteiger partial charge in [0.2, 0.25) is 0 Å². The van der Waals surface area contributed by atoms with E-state index in [1.54, 1.807) is 0 Å². The molecule has 398 valence electrons. The Bertz CT molecular complexity index is 1040. The SMILES string of the molecule is CCC(C)CCCCCCCCCCCCCCCCCCCCC(=O)OC[C@@H](COC(=O)CCCCCCCCCCCCCCC(C)C)OC(=O)CCCCCCCCCCCC(C)C. The van der Waals surface area contributed by atoms with Gasteiger partial charge in [0.15, 0.2) is 6.10 Å². The maximum atomic E-state index is 12.8. The molecule has 0 spiro atoms. The normalized spacial score (nSPS) is 12.5. The molecule has 0 fully saturated rings. The molecule has 0 amide bonds. The number of hydrogen-bond acceptors (Lipinski definition) is 6. The molecule has 0 aromatic carbocycles. The van der Waals surface area contributed by atoms with E-state index in [1.807, 2.05) is 0 Å². The van der Waals surface area contributed by atoms with Gasteiger partial charge in [-0.3, -0.25) is 14.4 Å². The van der Waals surface area contributed by atoms with E-state index in [0.717, 1.165) is 75.5 Å². The van der Waals surface area contributed by atoms with Crippen LogP contribution in [0, 0.1) is 17.8 Å². The average Bonchev–Trinajstić information content (AvgIpc) is 3.30. The van der Waals surface area contributed by atoms with Crippen molar-refractivity contribution in [1.29, 1.82) is 0 Å². The van der Waals surface area contributed by atoms with Crippen LogP contribution in [0.3, 0.4) is 0 Å². The lowest BCUT2D eigenvalue weighted by atomic mass is 9.99. The number of unbranched alkanes of at least 4 members (excludes halogenated alkanes) is 36. The third-order valence-electron chi connectivity index (χ3n) is 14.3. The van der Waals surface area contributed by atoms with Crippen molar-refractivity contribution in [2.75, 3.05) is 13.2 Å². The van der Waals surface area contributed by atoms with Crippen molar-refractivity contribution in [2.24, 2.45) is 17.8 Å². The second-order valence-electron chi connectivity index (χ2n) is 22.2. The Labute approximate surface area is 418 Å². The summed E-state index contributed by atoms with van der Waals surface area (Å²) in [5, 5.41) is 0. The molecule has 0 rings (SSSR count). The zero-order valence-corrected chi connectivity index (χ0v) is 46.2. The van der Waals surface area contributed by atoms with Gasteiger partial charge in [-0.05, 0) is 37.0 Å². The maximum absolute atomic E-state index is 12.8. The zero-order valence-electron chi connectivity index (χ0n) is 46.2. The van der Waals surface area contributed by atoms with Crippen LogP contribution in [0.1, 0.15) is 337 Å². The molecule has 0 bridgehead atoms. The van der Waals surface area contributed by atoms with Gasteiger partial charge in [-0.15, -0.1) is 0 Å². The van der Waals surface area contributed by atoms with Crippen molar-refractivity contribution in [3.05, 3.63) is 0 Å². The van der Waals surface area contributed by atoms with Gasteiger partial charge >= 0.3 is 17.9 Å².